The second kappa shape index (κ2) is 4.30. The lowest BCUT2D eigenvalue weighted by Crippen LogP contribution is -2.12. The summed E-state index contributed by atoms with van der Waals surface area (Å²) in [5.41, 5.74) is 0.921. The summed E-state index contributed by atoms with van der Waals surface area (Å²) in [7, 11) is 0. The quantitative estimate of drug-likeness (QED) is 0.816. The van der Waals surface area contributed by atoms with E-state index in [9.17, 15) is 5.11 Å². The van der Waals surface area contributed by atoms with E-state index in [2.05, 4.69) is 0 Å². The van der Waals surface area contributed by atoms with Crippen molar-refractivity contribution in [2.75, 3.05) is 13.2 Å². The van der Waals surface area contributed by atoms with Gasteiger partial charge in [0.05, 0.1) is 12.7 Å². The molecule has 0 bridgehead atoms. The van der Waals surface area contributed by atoms with Crippen molar-refractivity contribution in [1.29, 1.82) is 0 Å². The van der Waals surface area contributed by atoms with Gasteiger partial charge in [0.1, 0.15) is 0 Å². The average molecular weight is 213 g/mol. The molecule has 2 unspecified atom stereocenters. The van der Waals surface area contributed by atoms with Crippen LogP contribution in [0.3, 0.4) is 0 Å². The lowest BCUT2D eigenvalue weighted by molar-refractivity contribution is 0.0918. The summed E-state index contributed by atoms with van der Waals surface area (Å²) < 4.78 is 5.24. The Kier molecular flexibility index (Phi) is 3.06. The fourth-order valence-electron chi connectivity index (χ4n) is 1.73. The second-order valence-corrected chi connectivity index (χ2v) is 4.06. The van der Waals surface area contributed by atoms with Crippen molar-refractivity contribution in [2.24, 2.45) is 5.92 Å². The molecule has 2 atom stereocenters. The van der Waals surface area contributed by atoms with Crippen molar-refractivity contribution >= 4 is 11.6 Å². The predicted octanol–water partition coefficient (Wildman–Crippen LogP) is 2.41. The summed E-state index contributed by atoms with van der Waals surface area (Å²) >= 11 is 5.77. The minimum Gasteiger partial charge on any atom is -0.388 e. The van der Waals surface area contributed by atoms with Crippen LogP contribution in [-0.2, 0) is 4.74 Å². The molecule has 0 aliphatic carbocycles. The van der Waals surface area contributed by atoms with E-state index in [4.69, 9.17) is 16.3 Å². The van der Waals surface area contributed by atoms with E-state index < -0.39 is 6.10 Å². The van der Waals surface area contributed by atoms with Gasteiger partial charge in [0, 0.05) is 17.5 Å². The third kappa shape index (κ3) is 2.08. The maximum Gasteiger partial charge on any atom is 0.0841 e. The van der Waals surface area contributed by atoms with E-state index in [1.807, 2.05) is 12.1 Å². The molecule has 1 aromatic rings. The summed E-state index contributed by atoms with van der Waals surface area (Å²) in [4.78, 5) is 0. The van der Waals surface area contributed by atoms with E-state index in [0.29, 0.717) is 11.6 Å². The SMILES string of the molecule is OC(c1ccc(Cl)cc1)C1CCOC1. The molecule has 76 valence electrons. The molecule has 0 spiro atoms. The van der Waals surface area contributed by atoms with Gasteiger partial charge in [-0.15, -0.1) is 0 Å². The lowest BCUT2D eigenvalue weighted by Gasteiger charge is -2.16. The van der Waals surface area contributed by atoms with Gasteiger partial charge in [-0.25, -0.2) is 0 Å². The van der Waals surface area contributed by atoms with Gasteiger partial charge in [0.25, 0.3) is 0 Å². The summed E-state index contributed by atoms with van der Waals surface area (Å²) in [6, 6.07) is 7.34. The number of aliphatic hydroxyl groups is 1. The largest absolute Gasteiger partial charge is 0.388 e. The first-order valence-electron chi connectivity index (χ1n) is 4.78. The molecule has 2 rings (SSSR count). The molecule has 0 aromatic heterocycles. The highest BCUT2D eigenvalue weighted by atomic mass is 35.5. The Morgan fingerprint density at radius 2 is 2.07 bits per heavy atom. The maximum absolute atomic E-state index is 9.99. The molecule has 1 heterocycles. The summed E-state index contributed by atoms with van der Waals surface area (Å²) in [5.74, 6) is 0.233. The minimum atomic E-state index is -0.422. The number of rotatable bonds is 2. The number of hydrogen-bond acceptors (Lipinski definition) is 2. The Bertz CT molecular complexity index is 291. The molecular formula is C11H13ClO2. The van der Waals surface area contributed by atoms with E-state index in [1.54, 1.807) is 12.1 Å². The van der Waals surface area contributed by atoms with E-state index >= 15 is 0 Å². The molecule has 1 saturated heterocycles. The van der Waals surface area contributed by atoms with Gasteiger partial charge in [0.2, 0.25) is 0 Å². The van der Waals surface area contributed by atoms with Crippen LogP contribution in [0.1, 0.15) is 18.1 Å². The molecule has 3 heteroatoms. The third-order valence-electron chi connectivity index (χ3n) is 2.62. The van der Waals surface area contributed by atoms with Crippen LogP contribution in [-0.4, -0.2) is 18.3 Å². The Hall–Kier alpha value is -0.570. The Morgan fingerprint density at radius 3 is 2.64 bits per heavy atom. The van der Waals surface area contributed by atoms with Gasteiger partial charge in [-0.3, -0.25) is 0 Å². The zero-order chi connectivity index (χ0) is 9.97. The van der Waals surface area contributed by atoms with Gasteiger partial charge in [-0.2, -0.15) is 0 Å². The van der Waals surface area contributed by atoms with Crippen molar-refractivity contribution in [3.8, 4) is 0 Å². The molecule has 1 aromatic carbocycles. The van der Waals surface area contributed by atoms with Crippen LogP contribution < -0.4 is 0 Å². The molecule has 0 radical (unpaired) electrons. The number of hydrogen-bond donors (Lipinski definition) is 1. The lowest BCUT2D eigenvalue weighted by atomic mass is 9.95. The van der Waals surface area contributed by atoms with Gasteiger partial charge < -0.3 is 9.84 Å². The van der Waals surface area contributed by atoms with Gasteiger partial charge in [-0.05, 0) is 24.1 Å². The molecule has 1 N–H and O–H groups in total. The molecular weight excluding hydrogens is 200 g/mol. The van der Waals surface area contributed by atoms with Crippen LogP contribution in [0.4, 0.5) is 0 Å². The van der Waals surface area contributed by atoms with Gasteiger partial charge in [0.15, 0.2) is 0 Å². The van der Waals surface area contributed by atoms with Crippen molar-refractivity contribution in [3.63, 3.8) is 0 Å². The molecule has 1 aliphatic heterocycles. The number of halogens is 1. The highest BCUT2D eigenvalue weighted by Crippen LogP contribution is 2.28. The Labute approximate surface area is 88.5 Å². The summed E-state index contributed by atoms with van der Waals surface area (Å²) in [6.07, 6.45) is 0.513. The van der Waals surface area contributed by atoms with E-state index in [1.165, 1.54) is 0 Å². The zero-order valence-corrected chi connectivity index (χ0v) is 8.57. The summed E-state index contributed by atoms with van der Waals surface area (Å²) in [5, 5.41) is 10.7. The highest BCUT2D eigenvalue weighted by Gasteiger charge is 2.24. The molecule has 14 heavy (non-hydrogen) atoms. The van der Waals surface area contributed by atoms with Crippen LogP contribution in [0.15, 0.2) is 24.3 Å². The Balaban J connectivity index is 2.09. The number of aliphatic hydroxyl groups excluding tert-OH is 1. The monoisotopic (exact) mass is 212 g/mol. The van der Waals surface area contributed by atoms with Crippen LogP contribution in [0.5, 0.6) is 0 Å². The fourth-order valence-corrected chi connectivity index (χ4v) is 1.86. The van der Waals surface area contributed by atoms with Gasteiger partial charge in [-0.1, -0.05) is 23.7 Å². The van der Waals surface area contributed by atoms with E-state index in [-0.39, 0.29) is 5.92 Å². The van der Waals surface area contributed by atoms with Crippen molar-refractivity contribution in [2.45, 2.75) is 12.5 Å². The first kappa shape index (κ1) is 9.97. The van der Waals surface area contributed by atoms with Gasteiger partial charge >= 0.3 is 0 Å². The van der Waals surface area contributed by atoms with Crippen molar-refractivity contribution in [1.82, 2.24) is 0 Å². The standard InChI is InChI=1S/C11H13ClO2/c12-10-3-1-8(2-4-10)11(13)9-5-6-14-7-9/h1-4,9,11,13H,5-7H2. The first-order chi connectivity index (χ1) is 6.77. The Morgan fingerprint density at radius 1 is 1.36 bits per heavy atom. The summed E-state index contributed by atoms with van der Waals surface area (Å²) in [6.45, 7) is 1.42. The molecule has 2 nitrogen and oxygen atoms in total. The topological polar surface area (TPSA) is 29.5 Å². The fraction of sp³-hybridized carbons (Fsp3) is 0.455. The third-order valence-corrected chi connectivity index (χ3v) is 2.87. The smallest absolute Gasteiger partial charge is 0.0841 e. The van der Waals surface area contributed by atoms with Crippen molar-refractivity contribution in [3.05, 3.63) is 34.9 Å². The zero-order valence-electron chi connectivity index (χ0n) is 7.82. The molecule has 1 fully saturated rings. The van der Waals surface area contributed by atoms with Crippen LogP contribution in [0.2, 0.25) is 5.02 Å². The average Bonchev–Trinajstić information content (AvgIpc) is 2.71. The first-order valence-corrected chi connectivity index (χ1v) is 5.16. The molecule has 0 amide bonds. The predicted molar refractivity (Wildman–Crippen MR) is 55.3 cm³/mol. The number of ether oxygens (including phenoxy) is 1. The van der Waals surface area contributed by atoms with E-state index in [0.717, 1.165) is 18.6 Å². The number of benzene rings is 1. The maximum atomic E-state index is 9.99. The van der Waals surface area contributed by atoms with Crippen LogP contribution in [0.25, 0.3) is 0 Å². The van der Waals surface area contributed by atoms with Crippen LogP contribution in [0, 0.1) is 5.92 Å². The van der Waals surface area contributed by atoms with Crippen molar-refractivity contribution < 1.29 is 9.84 Å². The minimum absolute atomic E-state index is 0.233. The second-order valence-electron chi connectivity index (χ2n) is 3.62. The normalized spacial score (nSPS) is 23.7. The highest BCUT2D eigenvalue weighted by molar-refractivity contribution is 6.30. The van der Waals surface area contributed by atoms with Crippen LogP contribution >= 0.6 is 11.6 Å². The molecule has 0 saturated carbocycles. The molecule has 1 aliphatic rings.